The summed E-state index contributed by atoms with van der Waals surface area (Å²) < 4.78 is 26.5. The van der Waals surface area contributed by atoms with Crippen molar-refractivity contribution in [1.29, 1.82) is 0 Å². The summed E-state index contributed by atoms with van der Waals surface area (Å²) in [4.78, 5) is 14.2. The van der Waals surface area contributed by atoms with E-state index < -0.39 is 10.0 Å². The van der Waals surface area contributed by atoms with Crippen LogP contribution < -0.4 is 5.32 Å². The van der Waals surface area contributed by atoms with Gasteiger partial charge < -0.3 is 5.32 Å². The van der Waals surface area contributed by atoms with Gasteiger partial charge in [-0.3, -0.25) is 9.69 Å². The molecule has 1 rings (SSSR count). The molecule has 0 bridgehead atoms. The van der Waals surface area contributed by atoms with Crippen LogP contribution >= 0.6 is 0 Å². The van der Waals surface area contributed by atoms with Gasteiger partial charge in [0.2, 0.25) is 15.9 Å². The zero-order valence-corrected chi connectivity index (χ0v) is 15.9. The van der Waals surface area contributed by atoms with Crippen molar-refractivity contribution in [2.24, 2.45) is 0 Å². The number of sulfonamides is 1. The highest BCUT2D eigenvalue weighted by molar-refractivity contribution is 7.89. The van der Waals surface area contributed by atoms with Crippen molar-refractivity contribution in [3.8, 4) is 0 Å². The molecule has 1 N–H and O–H groups in total. The van der Waals surface area contributed by atoms with Gasteiger partial charge in [-0.1, -0.05) is 33.3 Å². The molecule has 0 spiro atoms. The maximum atomic E-state index is 12.5. The molecule has 0 aliphatic carbocycles. The van der Waals surface area contributed by atoms with Crippen molar-refractivity contribution in [2.45, 2.75) is 38.5 Å². The van der Waals surface area contributed by atoms with Crippen molar-refractivity contribution in [3.63, 3.8) is 0 Å². The minimum Gasteiger partial charge on any atom is -0.325 e. The predicted octanol–water partition coefficient (Wildman–Crippen LogP) is 2.39. The van der Waals surface area contributed by atoms with E-state index in [-0.39, 0.29) is 17.3 Å². The number of likely N-dealkylation sites (N-methyl/N-ethyl adjacent to an activating group) is 1. The average molecular weight is 356 g/mol. The Bertz CT molecular complexity index is 628. The second-order valence-electron chi connectivity index (χ2n) is 5.76. The third-order valence-corrected chi connectivity index (χ3v) is 5.81. The van der Waals surface area contributed by atoms with Crippen LogP contribution in [-0.2, 0) is 14.8 Å². The van der Waals surface area contributed by atoms with Crippen LogP contribution in [0.15, 0.2) is 29.2 Å². The summed E-state index contributed by atoms with van der Waals surface area (Å²) in [6.07, 6.45) is 2.12. The Labute approximate surface area is 145 Å². The number of benzene rings is 1. The number of rotatable bonds is 10. The maximum absolute atomic E-state index is 12.5. The van der Waals surface area contributed by atoms with Gasteiger partial charge in [0, 0.05) is 18.8 Å². The highest BCUT2D eigenvalue weighted by Crippen LogP contribution is 2.19. The molecule has 0 fully saturated rings. The van der Waals surface area contributed by atoms with Gasteiger partial charge in [-0.25, -0.2) is 8.42 Å². The van der Waals surface area contributed by atoms with E-state index in [2.05, 4.69) is 12.2 Å². The van der Waals surface area contributed by atoms with Crippen molar-refractivity contribution < 1.29 is 13.2 Å². The van der Waals surface area contributed by atoms with Crippen molar-refractivity contribution in [1.82, 2.24) is 9.21 Å². The molecular formula is C17H29N3O3S. The number of unbranched alkanes of at least 4 members (excludes halogenated alkanes) is 1. The molecular weight excluding hydrogens is 326 g/mol. The zero-order valence-electron chi connectivity index (χ0n) is 15.1. The van der Waals surface area contributed by atoms with Gasteiger partial charge in [-0.05, 0) is 38.2 Å². The average Bonchev–Trinajstić information content (AvgIpc) is 2.54. The molecule has 0 radical (unpaired) electrons. The zero-order chi connectivity index (χ0) is 18.2. The van der Waals surface area contributed by atoms with E-state index in [1.807, 2.05) is 11.9 Å². The summed E-state index contributed by atoms with van der Waals surface area (Å²) in [6.45, 7) is 7.69. The van der Waals surface area contributed by atoms with E-state index in [0.29, 0.717) is 18.8 Å². The Morgan fingerprint density at radius 1 is 1.17 bits per heavy atom. The van der Waals surface area contributed by atoms with E-state index in [9.17, 15) is 13.2 Å². The van der Waals surface area contributed by atoms with Crippen molar-refractivity contribution in [3.05, 3.63) is 24.3 Å². The number of carbonyl (C=O) groups is 1. The standard InChI is InChI=1S/C17H29N3O3S/c1-5-8-12-19(4)14-17(21)18-15-10-9-11-16(13-15)24(22,23)20(6-2)7-3/h9-11,13H,5-8,12,14H2,1-4H3,(H,18,21). The minimum atomic E-state index is -3.52. The molecule has 1 aromatic rings. The molecule has 0 aliphatic rings. The first-order valence-corrected chi connectivity index (χ1v) is 9.87. The summed E-state index contributed by atoms with van der Waals surface area (Å²) in [7, 11) is -1.62. The molecule has 0 saturated heterocycles. The third-order valence-electron chi connectivity index (χ3n) is 3.77. The topological polar surface area (TPSA) is 69.7 Å². The Morgan fingerprint density at radius 3 is 2.42 bits per heavy atom. The lowest BCUT2D eigenvalue weighted by Crippen LogP contribution is -2.31. The van der Waals surface area contributed by atoms with Gasteiger partial charge in [-0.15, -0.1) is 0 Å². The molecule has 136 valence electrons. The highest BCUT2D eigenvalue weighted by atomic mass is 32.2. The summed E-state index contributed by atoms with van der Waals surface area (Å²) >= 11 is 0. The summed E-state index contributed by atoms with van der Waals surface area (Å²) in [5.74, 6) is -0.147. The number of anilines is 1. The summed E-state index contributed by atoms with van der Waals surface area (Å²) in [6, 6.07) is 6.41. The van der Waals surface area contributed by atoms with Gasteiger partial charge in [0.15, 0.2) is 0 Å². The number of hydrogen-bond donors (Lipinski definition) is 1. The SMILES string of the molecule is CCCCN(C)CC(=O)Nc1cccc(S(=O)(=O)N(CC)CC)c1. The Morgan fingerprint density at radius 2 is 1.83 bits per heavy atom. The molecule has 1 aromatic carbocycles. The van der Waals surface area contributed by atoms with Crippen LogP contribution in [0.3, 0.4) is 0 Å². The monoisotopic (exact) mass is 355 g/mol. The fraction of sp³-hybridized carbons (Fsp3) is 0.588. The molecule has 7 heteroatoms. The van der Waals surface area contributed by atoms with Crippen LogP contribution in [0.25, 0.3) is 0 Å². The second kappa shape index (κ2) is 9.76. The molecule has 0 aromatic heterocycles. The van der Waals surface area contributed by atoms with E-state index in [0.717, 1.165) is 19.4 Å². The van der Waals surface area contributed by atoms with Crippen molar-refractivity contribution >= 4 is 21.6 Å². The number of nitrogens with zero attached hydrogens (tertiary/aromatic N) is 2. The molecule has 0 aliphatic heterocycles. The summed E-state index contributed by atoms with van der Waals surface area (Å²) in [5.41, 5.74) is 0.497. The predicted molar refractivity (Wildman–Crippen MR) is 97.6 cm³/mol. The molecule has 0 atom stereocenters. The molecule has 0 saturated carbocycles. The fourth-order valence-corrected chi connectivity index (χ4v) is 3.90. The number of carbonyl (C=O) groups excluding carboxylic acids is 1. The second-order valence-corrected chi connectivity index (χ2v) is 7.69. The Balaban J connectivity index is 2.80. The van der Waals surface area contributed by atoms with E-state index in [1.165, 1.54) is 10.4 Å². The van der Waals surface area contributed by atoms with E-state index in [1.54, 1.807) is 32.0 Å². The van der Waals surface area contributed by atoms with E-state index in [4.69, 9.17) is 0 Å². The van der Waals surface area contributed by atoms with Crippen LogP contribution in [-0.4, -0.2) is 56.8 Å². The highest BCUT2D eigenvalue weighted by Gasteiger charge is 2.21. The number of amides is 1. The quantitative estimate of drug-likeness (QED) is 0.700. The lowest BCUT2D eigenvalue weighted by Gasteiger charge is -2.19. The smallest absolute Gasteiger partial charge is 0.243 e. The van der Waals surface area contributed by atoms with Crippen molar-refractivity contribution in [2.75, 3.05) is 38.5 Å². The van der Waals surface area contributed by atoms with Crippen LogP contribution in [0.1, 0.15) is 33.6 Å². The molecule has 1 amide bonds. The maximum Gasteiger partial charge on any atom is 0.243 e. The molecule has 6 nitrogen and oxygen atoms in total. The molecule has 0 heterocycles. The first-order valence-electron chi connectivity index (χ1n) is 8.43. The number of nitrogens with one attached hydrogen (secondary N) is 1. The largest absolute Gasteiger partial charge is 0.325 e. The van der Waals surface area contributed by atoms with Gasteiger partial charge in [0.05, 0.1) is 11.4 Å². The minimum absolute atomic E-state index is 0.147. The first kappa shape index (κ1) is 20.6. The lowest BCUT2D eigenvalue weighted by molar-refractivity contribution is -0.117. The normalized spacial score (nSPS) is 11.9. The van der Waals surface area contributed by atoms with Crippen LogP contribution in [0, 0.1) is 0 Å². The molecule has 24 heavy (non-hydrogen) atoms. The number of hydrogen-bond acceptors (Lipinski definition) is 4. The van der Waals surface area contributed by atoms with Gasteiger partial charge in [0.1, 0.15) is 0 Å². The van der Waals surface area contributed by atoms with E-state index >= 15 is 0 Å². The van der Waals surface area contributed by atoms with Crippen LogP contribution in [0.5, 0.6) is 0 Å². The van der Waals surface area contributed by atoms with Crippen LogP contribution in [0.4, 0.5) is 5.69 Å². The Hall–Kier alpha value is -1.44. The third kappa shape index (κ3) is 5.89. The van der Waals surface area contributed by atoms with Gasteiger partial charge in [-0.2, -0.15) is 4.31 Å². The lowest BCUT2D eigenvalue weighted by atomic mass is 10.3. The van der Waals surface area contributed by atoms with Crippen LogP contribution in [0.2, 0.25) is 0 Å². The van der Waals surface area contributed by atoms with Gasteiger partial charge in [0.25, 0.3) is 0 Å². The molecule has 0 unspecified atom stereocenters. The first-order chi connectivity index (χ1) is 11.3. The fourth-order valence-electron chi connectivity index (χ4n) is 2.40. The van der Waals surface area contributed by atoms with Gasteiger partial charge >= 0.3 is 0 Å². The Kier molecular flexibility index (Phi) is 8.38. The summed E-state index contributed by atoms with van der Waals surface area (Å²) in [5, 5.41) is 2.77.